The van der Waals surface area contributed by atoms with Crippen LogP contribution in [0.15, 0.2) is 17.8 Å². The van der Waals surface area contributed by atoms with E-state index in [1.54, 1.807) is 6.07 Å². The summed E-state index contributed by atoms with van der Waals surface area (Å²) in [5, 5.41) is 8.66. The number of thiazole rings is 1. The Labute approximate surface area is 133 Å². The number of fused-ring (bicyclic) bond motifs is 1. The number of alkyl halides is 3. The minimum atomic E-state index is -4.43. The molecule has 3 aromatic rings. The number of aromatic nitrogens is 5. The van der Waals surface area contributed by atoms with E-state index in [1.165, 1.54) is 10.8 Å². The van der Waals surface area contributed by atoms with Gasteiger partial charge in [-0.05, 0) is 13.3 Å². The zero-order valence-electron chi connectivity index (χ0n) is 12.3. The highest BCUT2D eigenvalue weighted by atomic mass is 32.1. The molecule has 0 unspecified atom stereocenters. The molecule has 0 radical (unpaired) electrons. The predicted octanol–water partition coefficient (Wildman–Crippen LogP) is 3.47. The van der Waals surface area contributed by atoms with Crippen LogP contribution in [-0.2, 0) is 6.18 Å². The molecule has 0 aromatic carbocycles. The van der Waals surface area contributed by atoms with E-state index < -0.39 is 11.9 Å². The minimum absolute atomic E-state index is 0.356. The summed E-state index contributed by atoms with van der Waals surface area (Å²) in [6, 6.07) is 1.41. The van der Waals surface area contributed by atoms with E-state index >= 15 is 0 Å². The molecule has 23 heavy (non-hydrogen) atoms. The van der Waals surface area contributed by atoms with Crippen molar-refractivity contribution >= 4 is 22.9 Å². The van der Waals surface area contributed by atoms with Gasteiger partial charge >= 0.3 is 6.18 Å². The third-order valence-electron chi connectivity index (χ3n) is 3.22. The van der Waals surface area contributed by atoms with E-state index in [1.807, 2.05) is 13.8 Å². The third kappa shape index (κ3) is 3.11. The highest BCUT2D eigenvalue weighted by molar-refractivity contribution is 7.09. The van der Waals surface area contributed by atoms with Crippen molar-refractivity contribution in [1.29, 1.82) is 0 Å². The van der Waals surface area contributed by atoms with Crippen LogP contribution in [0, 0.1) is 6.92 Å². The Kier molecular flexibility index (Phi) is 3.92. The van der Waals surface area contributed by atoms with Crippen molar-refractivity contribution in [1.82, 2.24) is 24.6 Å². The summed E-state index contributed by atoms with van der Waals surface area (Å²) in [7, 11) is 0. The molecule has 0 amide bonds. The van der Waals surface area contributed by atoms with Gasteiger partial charge in [0.1, 0.15) is 17.2 Å². The topological polar surface area (TPSA) is 68.0 Å². The van der Waals surface area contributed by atoms with Crippen LogP contribution in [0.4, 0.5) is 19.0 Å². The number of nitrogens with zero attached hydrogens (tertiary/aromatic N) is 5. The maximum absolute atomic E-state index is 12.7. The van der Waals surface area contributed by atoms with Crippen LogP contribution in [0.1, 0.15) is 35.8 Å². The fourth-order valence-corrected chi connectivity index (χ4v) is 3.09. The lowest BCUT2D eigenvalue weighted by atomic mass is 10.2. The van der Waals surface area contributed by atoms with Crippen LogP contribution < -0.4 is 5.32 Å². The van der Waals surface area contributed by atoms with Gasteiger partial charge in [-0.2, -0.15) is 27.8 Å². The molecular weight excluding hydrogens is 329 g/mol. The van der Waals surface area contributed by atoms with Gasteiger partial charge in [-0.3, -0.25) is 0 Å². The van der Waals surface area contributed by atoms with Gasteiger partial charge in [0, 0.05) is 17.1 Å². The normalized spacial score (nSPS) is 13.4. The monoisotopic (exact) mass is 342 g/mol. The molecule has 1 N–H and O–H groups in total. The Hall–Kier alpha value is -2.23. The standard InChI is InChI=1S/C13H13F3N6S/c1-3-8(11-21-9(5-23-11)13(14,15)16)20-10-4-7(2)19-12-17-6-18-22(10)12/h4-6,8,20H,3H2,1-2H3/t8-/m1/s1. The number of hydrogen-bond acceptors (Lipinski definition) is 6. The Morgan fingerprint density at radius 1 is 1.35 bits per heavy atom. The van der Waals surface area contributed by atoms with Crippen molar-refractivity contribution < 1.29 is 13.2 Å². The Balaban J connectivity index is 1.92. The van der Waals surface area contributed by atoms with E-state index in [0.717, 1.165) is 22.4 Å². The van der Waals surface area contributed by atoms with Crippen LogP contribution >= 0.6 is 11.3 Å². The molecule has 0 fully saturated rings. The number of halogens is 3. The van der Waals surface area contributed by atoms with E-state index in [-0.39, 0.29) is 6.04 Å². The summed E-state index contributed by atoms with van der Waals surface area (Å²) in [5.41, 5.74) is -0.132. The SMILES string of the molecule is CC[C@@H](Nc1cc(C)nc2ncnn12)c1nc(C(F)(F)F)cs1. The molecule has 3 aromatic heterocycles. The molecule has 0 aliphatic rings. The molecule has 3 rings (SSSR count). The minimum Gasteiger partial charge on any atom is -0.361 e. The molecule has 0 saturated carbocycles. The molecule has 0 aliphatic carbocycles. The highest BCUT2D eigenvalue weighted by Crippen LogP contribution is 2.33. The molecule has 0 spiro atoms. The Morgan fingerprint density at radius 2 is 2.13 bits per heavy atom. The molecule has 6 nitrogen and oxygen atoms in total. The first-order chi connectivity index (χ1) is 10.9. The van der Waals surface area contributed by atoms with Gasteiger partial charge in [0.25, 0.3) is 5.78 Å². The van der Waals surface area contributed by atoms with Gasteiger partial charge in [0.05, 0.1) is 6.04 Å². The fraction of sp³-hybridized carbons (Fsp3) is 0.385. The maximum atomic E-state index is 12.7. The van der Waals surface area contributed by atoms with Crippen LogP contribution in [0.2, 0.25) is 0 Å². The van der Waals surface area contributed by atoms with Crippen molar-refractivity contribution in [2.24, 2.45) is 0 Å². The molecule has 3 heterocycles. The largest absolute Gasteiger partial charge is 0.434 e. The summed E-state index contributed by atoms with van der Waals surface area (Å²) in [6.45, 7) is 3.69. The third-order valence-corrected chi connectivity index (χ3v) is 4.18. The Morgan fingerprint density at radius 3 is 2.78 bits per heavy atom. The first-order valence-electron chi connectivity index (χ1n) is 6.85. The molecule has 1 atom stereocenters. The second kappa shape index (κ2) is 5.76. The van der Waals surface area contributed by atoms with E-state index in [0.29, 0.717) is 23.0 Å². The smallest absolute Gasteiger partial charge is 0.361 e. The van der Waals surface area contributed by atoms with Crippen LogP contribution in [0.3, 0.4) is 0 Å². The zero-order valence-corrected chi connectivity index (χ0v) is 13.1. The van der Waals surface area contributed by atoms with Crippen molar-refractivity contribution in [3.63, 3.8) is 0 Å². The maximum Gasteiger partial charge on any atom is 0.434 e. The lowest BCUT2D eigenvalue weighted by molar-refractivity contribution is -0.140. The average molecular weight is 342 g/mol. The highest BCUT2D eigenvalue weighted by Gasteiger charge is 2.34. The van der Waals surface area contributed by atoms with Gasteiger partial charge in [0.2, 0.25) is 0 Å². The van der Waals surface area contributed by atoms with Gasteiger partial charge in [-0.25, -0.2) is 9.97 Å². The van der Waals surface area contributed by atoms with Crippen LogP contribution in [0.5, 0.6) is 0 Å². The number of anilines is 1. The van der Waals surface area contributed by atoms with E-state index in [9.17, 15) is 13.2 Å². The summed E-state index contributed by atoms with van der Waals surface area (Å²) in [4.78, 5) is 12.0. The molecule has 0 aliphatic heterocycles. The summed E-state index contributed by atoms with van der Waals surface area (Å²) < 4.78 is 39.6. The Bertz CT molecular complexity index is 825. The van der Waals surface area contributed by atoms with Crippen LogP contribution in [0.25, 0.3) is 5.78 Å². The van der Waals surface area contributed by atoms with Crippen molar-refractivity contribution in [2.45, 2.75) is 32.5 Å². The van der Waals surface area contributed by atoms with E-state index in [4.69, 9.17) is 0 Å². The number of aryl methyl sites for hydroxylation is 1. The first kappa shape index (κ1) is 15.7. The van der Waals surface area contributed by atoms with Gasteiger partial charge in [-0.1, -0.05) is 6.92 Å². The van der Waals surface area contributed by atoms with Crippen molar-refractivity contribution in [3.8, 4) is 0 Å². The summed E-state index contributed by atoms with van der Waals surface area (Å²) in [5.74, 6) is 1.04. The number of hydrogen-bond donors (Lipinski definition) is 1. The number of nitrogens with one attached hydrogen (secondary N) is 1. The lowest BCUT2D eigenvalue weighted by Gasteiger charge is -2.16. The lowest BCUT2D eigenvalue weighted by Crippen LogP contribution is -2.14. The van der Waals surface area contributed by atoms with Crippen LogP contribution in [-0.4, -0.2) is 24.6 Å². The zero-order chi connectivity index (χ0) is 16.6. The molecule has 10 heteroatoms. The number of rotatable bonds is 4. The molecule has 0 bridgehead atoms. The molecular formula is C13H13F3N6S. The summed E-state index contributed by atoms with van der Waals surface area (Å²) >= 11 is 0.985. The predicted molar refractivity (Wildman–Crippen MR) is 79.3 cm³/mol. The second-order valence-corrected chi connectivity index (χ2v) is 5.82. The fourth-order valence-electron chi connectivity index (χ4n) is 2.13. The van der Waals surface area contributed by atoms with Gasteiger partial charge < -0.3 is 5.32 Å². The van der Waals surface area contributed by atoms with Crippen molar-refractivity contribution in [3.05, 3.63) is 34.2 Å². The second-order valence-electron chi connectivity index (χ2n) is 4.93. The quantitative estimate of drug-likeness (QED) is 0.786. The first-order valence-corrected chi connectivity index (χ1v) is 7.73. The van der Waals surface area contributed by atoms with Gasteiger partial charge in [0.15, 0.2) is 5.69 Å². The van der Waals surface area contributed by atoms with Gasteiger partial charge in [-0.15, -0.1) is 11.3 Å². The van der Waals surface area contributed by atoms with Crippen molar-refractivity contribution in [2.75, 3.05) is 5.32 Å². The van der Waals surface area contributed by atoms with E-state index in [2.05, 4.69) is 25.4 Å². The molecule has 122 valence electrons. The summed E-state index contributed by atoms with van der Waals surface area (Å²) in [6.07, 6.45) is -2.49. The molecule has 0 saturated heterocycles. The average Bonchev–Trinajstić information content (AvgIpc) is 3.12.